The third-order valence-electron chi connectivity index (χ3n) is 6.14. The number of carbonyl (C=O) groups excluding carboxylic acids is 1. The number of piperidine rings is 1. The number of hydrogen-bond acceptors (Lipinski definition) is 4. The van der Waals surface area contributed by atoms with Gasteiger partial charge in [-0.2, -0.15) is 0 Å². The normalized spacial score (nSPS) is 15.2. The zero-order chi connectivity index (χ0) is 20.7. The summed E-state index contributed by atoms with van der Waals surface area (Å²) in [5, 5.41) is 1.21. The zero-order valence-electron chi connectivity index (χ0n) is 17.3. The Morgan fingerprint density at radius 2 is 1.97 bits per heavy atom. The van der Waals surface area contributed by atoms with Gasteiger partial charge in [0.05, 0.1) is 33.6 Å². The smallest absolute Gasteiger partial charge is 0.255 e. The van der Waals surface area contributed by atoms with E-state index in [1.54, 1.807) is 17.6 Å². The van der Waals surface area contributed by atoms with E-state index < -0.39 is 0 Å². The van der Waals surface area contributed by atoms with Crippen molar-refractivity contribution in [3.8, 4) is 0 Å². The maximum Gasteiger partial charge on any atom is 0.255 e. The summed E-state index contributed by atoms with van der Waals surface area (Å²) >= 11 is 1.79. The molecule has 0 N–H and O–H groups in total. The summed E-state index contributed by atoms with van der Waals surface area (Å²) in [6.07, 6.45) is 3.62. The van der Waals surface area contributed by atoms with E-state index in [9.17, 15) is 4.79 Å². The highest BCUT2D eigenvalue weighted by molar-refractivity contribution is 7.18. The Labute approximate surface area is 180 Å². The maximum atomic E-state index is 13.2. The second-order valence-corrected chi connectivity index (χ2v) is 9.10. The molecule has 154 valence electrons. The summed E-state index contributed by atoms with van der Waals surface area (Å²) in [6.45, 7) is 6.28. The molecule has 4 aromatic rings. The van der Waals surface area contributed by atoms with E-state index >= 15 is 0 Å². The van der Waals surface area contributed by atoms with Crippen LogP contribution in [-0.4, -0.2) is 33.4 Å². The molecule has 0 spiro atoms. The molecule has 0 bridgehead atoms. The quantitative estimate of drug-likeness (QED) is 0.446. The summed E-state index contributed by atoms with van der Waals surface area (Å²) in [6, 6.07) is 14.2. The van der Waals surface area contributed by atoms with Crippen LogP contribution in [0.4, 0.5) is 0 Å². The van der Waals surface area contributed by atoms with Gasteiger partial charge in [-0.3, -0.25) is 4.79 Å². The number of rotatable bonds is 4. The molecule has 6 heteroatoms. The number of likely N-dealkylation sites (tertiary alicyclic amines) is 1. The third-order valence-corrected chi connectivity index (χ3v) is 7.34. The molecule has 0 atom stereocenters. The number of hydrogen-bond donors (Lipinski definition) is 0. The summed E-state index contributed by atoms with van der Waals surface area (Å²) in [5.41, 5.74) is 3.97. The van der Waals surface area contributed by atoms with Gasteiger partial charge in [-0.25, -0.2) is 4.98 Å². The van der Waals surface area contributed by atoms with E-state index in [4.69, 9.17) is 9.40 Å². The molecule has 1 saturated heterocycles. The fourth-order valence-corrected chi connectivity index (χ4v) is 5.52. The summed E-state index contributed by atoms with van der Waals surface area (Å²) in [7, 11) is 0. The van der Waals surface area contributed by atoms with Gasteiger partial charge in [-0.15, -0.1) is 11.3 Å². The number of furan rings is 1. The van der Waals surface area contributed by atoms with Gasteiger partial charge < -0.3 is 13.9 Å². The Bertz CT molecular complexity index is 1150. The zero-order valence-corrected chi connectivity index (χ0v) is 18.1. The van der Waals surface area contributed by atoms with Crippen molar-refractivity contribution >= 4 is 27.5 Å². The molecule has 30 heavy (non-hydrogen) atoms. The number of thiazole rings is 1. The van der Waals surface area contributed by atoms with Gasteiger partial charge in [0.25, 0.3) is 5.91 Å². The first-order chi connectivity index (χ1) is 14.6. The molecule has 1 aliphatic rings. The number of carbonyl (C=O) groups is 1. The van der Waals surface area contributed by atoms with Gasteiger partial charge in [0.2, 0.25) is 0 Å². The lowest BCUT2D eigenvalue weighted by Gasteiger charge is -2.31. The van der Waals surface area contributed by atoms with Gasteiger partial charge in [0.15, 0.2) is 0 Å². The third kappa shape index (κ3) is 3.45. The van der Waals surface area contributed by atoms with E-state index in [1.807, 2.05) is 43.0 Å². The largest absolute Gasteiger partial charge is 0.467 e. The van der Waals surface area contributed by atoms with Crippen molar-refractivity contribution < 1.29 is 9.21 Å². The van der Waals surface area contributed by atoms with E-state index in [1.165, 1.54) is 9.71 Å². The second kappa shape index (κ2) is 7.76. The van der Waals surface area contributed by atoms with Gasteiger partial charge >= 0.3 is 0 Å². The van der Waals surface area contributed by atoms with Crippen LogP contribution in [0.3, 0.4) is 0 Å². The minimum absolute atomic E-state index is 0.136. The van der Waals surface area contributed by atoms with Crippen LogP contribution in [0, 0.1) is 13.8 Å². The molecule has 0 saturated carbocycles. The molecule has 3 aromatic heterocycles. The molecule has 1 fully saturated rings. The van der Waals surface area contributed by atoms with Gasteiger partial charge in [-0.1, -0.05) is 12.1 Å². The van der Waals surface area contributed by atoms with Crippen molar-refractivity contribution in [3.63, 3.8) is 0 Å². The topological polar surface area (TPSA) is 51.3 Å². The number of fused-ring (bicyclic) bond motifs is 1. The van der Waals surface area contributed by atoms with Crippen molar-refractivity contribution in [1.82, 2.24) is 14.5 Å². The molecule has 4 heterocycles. The van der Waals surface area contributed by atoms with Crippen LogP contribution in [0.1, 0.15) is 51.3 Å². The lowest BCUT2D eigenvalue weighted by Crippen LogP contribution is -2.38. The molecule has 5 rings (SSSR count). The van der Waals surface area contributed by atoms with Crippen LogP contribution in [-0.2, 0) is 6.54 Å². The van der Waals surface area contributed by atoms with Crippen molar-refractivity contribution in [2.24, 2.45) is 0 Å². The Hall–Kier alpha value is -2.86. The Morgan fingerprint density at radius 1 is 1.17 bits per heavy atom. The molecule has 5 nitrogen and oxygen atoms in total. The average Bonchev–Trinajstić information content (AvgIpc) is 3.49. The van der Waals surface area contributed by atoms with E-state index in [0.717, 1.165) is 54.2 Å². The average molecular weight is 420 g/mol. The molecular formula is C24H25N3O2S. The van der Waals surface area contributed by atoms with Crippen molar-refractivity contribution in [1.29, 1.82) is 0 Å². The first-order valence-electron chi connectivity index (χ1n) is 10.4. The predicted octanol–water partition coefficient (Wildman–Crippen LogP) is 5.38. The number of benzene rings is 1. The van der Waals surface area contributed by atoms with Crippen LogP contribution >= 0.6 is 11.3 Å². The fourth-order valence-electron chi connectivity index (χ4n) is 4.38. The van der Waals surface area contributed by atoms with E-state index in [0.29, 0.717) is 12.5 Å². The SMILES string of the molecule is Cc1cc(C(=O)N2CCC(c3nc4ccccc4s3)CC2)c(C)n1Cc1ccco1. The maximum absolute atomic E-state index is 13.2. The predicted molar refractivity (Wildman–Crippen MR) is 119 cm³/mol. The summed E-state index contributed by atoms with van der Waals surface area (Å²) < 4.78 is 8.89. The monoisotopic (exact) mass is 419 g/mol. The number of aryl methyl sites for hydroxylation is 1. The van der Waals surface area contributed by atoms with Crippen molar-refractivity contribution in [2.45, 2.75) is 39.2 Å². The minimum atomic E-state index is 0.136. The van der Waals surface area contributed by atoms with Crippen molar-refractivity contribution in [2.75, 3.05) is 13.1 Å². The van der Waals surface area contributed by atoms with E-state index in [2.05, 4.69) is 22.8 Å². The Kier molecular flexibility index (Phi) is 4.95. The fraction of sp³-hybridized carbons (Fsp3) is 0.333. The minimum Gasteiger partial charge on any atom is -0.467 e. The molecule has 1 aromatic carbocycles. The molecular weight excluding hydrogens is 394 g/mol. The lowest BCUT2D eigenvalue weighted by molar-refractivity contribution is 0.0712. The van der Waals surface area contributed by atoms with Gasteiger partial charge in [0.1, 0.15) is 5.76 Å². The standard InChI is InChI=1S/C24H25N3O2S/c1-16-14-20(17(2)27(16)15-19-6-5-13-29-19)24(28)26-11-9-18(10-12-26)23-25-21-7-3-4-8-22(21)30-23/h3-8,13-14,18H,9-12,15H2,1-2H3. The number of para-hydroxylation sites is 1. The number of amides is 1. The van der Waals surface area contributed by atoms with Gasteiger partial charge in [0, 0.05) is 30.4 Å². The highest BCUT2D eigenvalue weighted by Crippen LogP contribution is 2.34. The van der Waals surface area contributed by atoms with Crippen LogP contribution < -0.4 is 0 Å². The van der Waals surface area contributed by atoms with Gasteiger partial charge in [-0.05, 0) is 57.0 Å². The first kappa shape index (κ1) is 19.1. The summed E-state index contributed by atoms with van der Waals surface area (Å²) in [4.78, 5) is 20.1. The van der Waals surface area contributed by atoms with Crippen molar-refractivity contribution in [3.05, 3.63) is 76.4 Å². The molecule has 0 radical (unpaired) electrons. The Balaban J connectivity index is 1.29. The Morgan fingerprint density at radius 3 is 2.70 bits per heavy atom. The number of aromatic nitrogens is 2. The van der Waals surface area contributed by atoms with E-state index in [-0.39, 0.29) is 5.91 Å². The first-order valence-corrected chi connectivity index (χ1v) is 11.3. The summed E-state index contributed by atoms with van der Waals surface area (Å²) in [5.74, 6) is 1.47. The molecule has 0 unspecified atom stereocenters. The molecule has 1 amide bonds. The van der Waals surface area contributed by atoms with Crippen LogP contribution in [0.5, 0.6) is 0 Å². The number of nitrogens with zero attached hydrogens (tertiary/aromatic N) is 3. The lowest BCUT2D eigenvalue weighted by atomic mass is 9.97. The molecule has 0 aliphatic carbocycles. The highest BCUT2D eigenvalue weighted by atomic mass is 32.1. The molecule has 1 aliphatic heterocycles. The van der Waals surface area contributed by atoms with Crippen LogP contribution in [0.15, 0.2) is 53.1 Å². The van der Waals surface area contributed by atoms with Crippen LogP contribution in [0.2, 0.25) is 0 Å². The highest BCUT2D eigenvalue weighted by Gasteiger charge is 2.28. The second-order valence-electron chi connectivity index (χ2n) is 8.04. The van der Waals surface area contributed by atoms with Crippen LogP contribution in [0.25, 0.3) is 10.2 Å².